The first-order valence-corrected chi connectivity index (χ1v) is 4.88. The highest BCUT2D eigenvalue weighted by Gasteiger charge is 2.42. The maximum absolute atomic E-state index is 5.51. The van der Waals surface area contributed by atoms with Gasteiger partial charge in [-0.2, -0.15) is 0 Å². The number of fused-ring (bicyclic) bond motifs is 1. The summed E-state index contributed by atoms with van der Waals surface area (Å²) in [5, 5.41) is 0. The molecule has 0 aromatic heterocycles. The van der Waals surface area contributed by atoms with Gasteiger partial charge in [-0.25, -0.2) is 0 Å². The smallest absolute Gasteiger partial charge is 0.102 e. The van der Waals surface area contributed by atoms with Crippen molar-refractivity contribution in [3.05, 3.63) is 11.8 Å². The summed E-state index contributed by atoms with van der Waals surface area (Å²) in [5.74, 6) is 1.25. The normalized spacial score (nSPS) is 38.4. The lowest BCUT2D eigenvalue weighted by atomic mass is 9.81. The van der Waals surface area contributed by atoms with E-state index in [1.54, 1.807) is 0 Å². The maximum Gasteiger partial charge on any atom is 0.102 e. The molecular weight excluding hydrogens is 148 g/mol. The highest BCUT2D eigenvalue weighted by Crippen LogP contribution is 2.48. The molecule has 2 aliphatic rings. The Hall–Kier alpha value is -0.460. The summed E-state index contributed by atoms with van der Waals surface area (Å²) in [5.41, 5.74) is 0.751. The molecule has 1 aliphatic carbocycles. The molecule has 0 bridgehead atoms. The molecule has 12 heavy (non-hydrogen) atoms. The zero-order valence-electron chi connectivity index (χ0n) is 8.31. The Bertz CT molecular complexity index is 227. The Morgan fingerprint density at radius 3 is 2.58 bits per heavy atom. The monoisotopic (exact) mass is 166 g/mol. The van der Waals surface area contributed by atoms with Gasteiger partial charge in [-0.1, -0.05) is 20.3 Å². The fourth-order valence-corrected chi connectivity index (χ4v) is 2.17. The molecule has 0 aromatic rings. The molecule has 1 saturated heterocycles. The van der Waals surface area contributed by atoms with E-state index in [1.165, 1.54) is 25.0 Å². The predicted molar refractivity (Wildman–Crippen MR) is 49.8 cm³/mol. The van der Waals surface area contributed by atoms with Crippen LogP contribution in [-0.2, 0) is 4.74 Å². The largest absolute Gasteiger partial charge is 0.496 e. The van der Waals surface area contributed by atoms with E-state index in [0.29, 0.717) is 10.8 Å². The van der Waals surface area contributed by atoms with Crippen LogP contribution in [0.3, 0.4) is 0 Å². The molecule has 0 saturated carbocycles. The second-order valence-corrected chi connectivity index (χ2v) is 5.20. The second-order valence-electron chi connectivity index (χ2n) is 5.20. The SMILES string of the molecule is CC1(C)C=C2OCC2(C)CCC1. The number of allylic oxidation sites excluding steroid dienone is 1. The molecule has 68 valence electrons. The summed E-state index contributed by atoms with van der Waals surface area (Å²) >= 11 is 0. The van der Waals surface area contributed by atoms with E-state index in [2.05, 4.69) is 26.8 Å². The Kier molecular flexibility index (Phi) is 1.54. The van der Waals surface area contributed by atoms with Crippen LogP contribution in [0.25, 0.3) is 0 Å². The van der Waals surface area contributed by atoms with Gasteiger partial charge >= 0.3 is 0 Å². The zero-order valence-corrected chi connectivity index (χ0v) is 8.31. The van der Waals surface area contributed by atoms with Gasteiger partial charge in [0.25, 0.3) is 0 Å². The van der Waals surface area contributed by atoms with Crippen molar-refractivity contribution in [1.29, 1.82) is 0 Å². The summed E-state index contributed by atoms with van der Waals surface area (Å²) in [6.45, 7) is 7.86. The van der Waals surface area contributed by atoms with E-state index in [1.807, 2.05) is 0 Å². The highest BCUT2D eigenvalue weighted by molar-refractivity contribution is 5.18. The number of ether oxygens (including phenoxy) is 1. The van der Waals surface area contributed by atoms with Crippen molar-refractivity contribution in [3.63, 3.8) is 0 Å². The number of hydrogen-bond acceptors (Lipinski definition) is 1. The van der Waals surface area contributed by atoms with Gasteiger partial charge in [0.05, 0.1) is 5.41 Å². The molecule has 1 atom stereocenters. The van der Waals surface area contributed by atoms with Crippen LogP contribution in [0.15, 0.2) is 11.8 Å². The van der Waals surface area contributed by atoms with Gasteiger partial charge < -0.3 is 4.74 Å². The van der Waals surface area contributed by atoms with Crippen LogP contribution in [0, 0.1) is 10.8 Å². The van der Waals surface area contributed by atoms with E-state index in [4.69, 9.17) is 4.74 Å². The van der Waals surface area contributed by atoms with Crippen LogP contribution in [0.4, 0.5) is 0 Å². The minimum Gasteiger partial charge on any atom is -0.496 e. The van der Waals surface area contributed by atoms with Crippen LogP contribution in [0.1, 0.15) is 40.0 Å². The topological polar surface area (TPSA) is 9.23 Å². The van der Waals surface area contributed by atoms with E-state index < -0.39 is 0 Å². The summed E-state index contributed by atoms with van der Waals surface area (Å²) in [6, 6.07) is 0. The van der Waals surface area contributed by atoms with Crippen molar-refractivity contribution in [2.24, 2.45) is 10.8 Å². The maximum atomic E-state index is 5.51. The summed E-state index contributed by atoms with van der Waals surface area (Å²) in [4.78, 5) is 0. The van der Waals surface area contributed by atoms with E-state index in [9.17, 15) is 0 Å². The average Bonchev–Trinajstić information content (AvgIpc) is 2.03. The van der Waals surface area contributed by atoms with Gasteiger partial charge in [0, 0.05) is 0 Å². The van der Waals surface area contributed by atoms with Crippen molar-refractivity contribution >= 4 is 0 Å². The third kappa shape index (κ3) is 1.16. The van der Waals surface area contributed by atoms with Gasteiger partial charge in [0.2, 0.25) is 0 Å². The molecule has 0 radical (unpaired) electrons. The fraction of sp³-hybridized carbons (Fsp3) is 0.818. The van der Waals surface area contributed by atoms with Crippen LogP contribution >= 0.6 is 0 Å². The van der Waals surface area contributed by atoms with Gasteiger partial charge in [0.1, 0.15) is 12.4 Å². The van der Waals surface area contributed by atoms with Crippen molar-refractivity contribution < 1.29 is 4.74 Å². The van der Waals surface area contributed by atoms with Crippen molar-refractivity contribution in [1.82, 2.24) is 0 Å². The summed E-state index contributed by atoms with van der Waals surface area (Å²) in [7, 11) is 0. The minimum absolute atomic E-state index is 0.355. The van der Waals surface area contributed by atoms with E-state index in [-0.39, 0.29) is 0 Å². The summed E-state index contributed by atoms with van der Waals surface area (Å²) < 4.78 is 5.51. The van der Waals surface area contributed by atoms with Gasteiger partial charge in [-0.05, 0) is 31.3 Å². The lowest BCUT2D eigenvalue weighted by molar-refractivity contribution is -0.0282. The Balaban J connectivity index is 2.26. The number of hydrogen-bond donors (Lipinski definition) is 0. The standard InChI is InChI=1S/C11H18O/c1-10(2)5-4-6-11(3)8-12-9(11)7-10/h7H,4-6,8H2,1-3H3. The lowest BCUT2D eigenvalue weighted by Crippen LogP contribution is -2.36. The molecule has 1 heteroatoms. The molecule has 1 unspecified atom stereocenters. The second kappa shape index (κ2) is 2.27. The Labute approximate surface area is 74.8 Å². The first-order valence-electron chi connectivity index (χ1n) is 4.88. The molecule has 1 fully saturated rings. The quantitative estimate of drug-likeness (QED) is 0.537. The van der Waals surface area contributed by atoms with Crippen LogP contribution in [0.2, 0.25) is 0 Å². The fourth-order valence-electron chi connectivity index (χ4n) is 2.17. The van der Waals surface area contributed by atoms with Gasteiger partial charge in [-0.3, -0.25) is 0 Å². The van der Waals surface area contributed by atoms with Crippen LogP contribution in [0.5, 0.6) is 0 Å². The first-order chi connectivity index (χ1) is 5.52. The van der Waals surface area contributed by atoms with Crippen molar-refractivity contribution in [2.75, 3.05) is 6.61 Å². The molecule has 0 N–H and O–H groups in total. The Morgan fingerprint density at radius 1 is 1.25 bits per heavy atom. The van der Waals surface area contributed by atoms with E-state index in [0.717, 1.165) is 6.61 Å². The van der Waals surface area contributed by atoms with Crippen LogP contribution < -0.4 is 0 Å². The van der Waals surface area contributed by atoms with Crippen LogP contribution in [-0.4, -0.2) is 6.61 Å². The number of rotatable bonds is 0. The molecule has 1 aliphatic heterocycles. The molecular formula is C11H18O. The average molecular weight is 166 g/mol. The third-order valence-electron chi connectivity index (χ3n) is 3.21. The lowest BCUT2D eigenvalue weighted by Gasteiger charge is -2.41. The molecule has 0 aromatic carbocycles. The third-order valence-corrected chi connectivity index (χ3v) is 3.21. The predicted octanol–water partition coefficient (Wildman–Crippen LogP) is 3.12. The molecule has 1 nitrogen and oxygen atoms in total. The zero-order chi connectivity index (χ0) is 8.82. The Morgan fingerprint density at radius 2 is 2.00 bits per heavy atom. The molecule has 0 spiro atoms. The van der Waals surface area contributed by atoms with E-state index >= 15 is 0 Å². The van der Waals surface area contributed by atoms with Crippen molar-refractivity contribution in [3.8, 4) is 0 Å². The minimum atomic E-state index is 0.355. The first kappa shape index (κ1) is 8.15. The molecule has 1 heterocycles. The molecule has 2 rings (SSSR count). The van der Waals surface area contributed by atoms with Crippen molar-refractivity contribution in [2.45, 2.75) is 40.0 Å². The van der Waals surface area contributed by atoms with Gasteiger partial charge in [-0.15, -0.1) is 0 Å². The highest BCUT2D eigenvalue weighted by atomic mass is 16.5. The molecule has 0 amide bonds. The van der Waals surface area contributed by atoms with Gasteiger partial charge in [0.15, 0.2) is 0 Å². The summed E-state index contributed by atoms with van der Waals surface area (Å²) in [6.07, 6.45) is 6.29.